The van der Waals surface area contributed by atoms with Crippen molar-refractivity contribution in [2.24, 2.45) is 5.92 Å². The number of rotatable bonds is 14. The number of aliphatic hydroxyl groups is 2. The fourth-order valence-electron chi connectivity index (χ4n) is 5.34. The molecule has 0 spiro atoms. The van der Waals surface area contributed by atoms with Crippen molar-refractivity contribution in [2.75, 3.05) is 25.6 Å². The van der Waals surface area contributed by atoms with Gasteiger partial charge in [-0.15, -0.1) is 0 Å². The molecule has 0 aliphatic heterocycles. The summed E-state index contributed by atoms with van der Waals surface area (Å²) in [6.45, 7) is 8.19. The smallest absolute Gasteiger partial charge is 0.132 e. The van der Waals surface area contributed by atoms with Crippen molar-refractivity contribution in [1.82, 2.24) is 0 Å². The largest absolute Gasteiger partial charge is 0.507 e. The maximum absolute atomic E-state index is 14.6. The number of halogens is 1. The minimum Gasteiger partial charge on any atom is -0.507 e. The van der Waals surface area contributed by atoms with Crippen molar-refractivity contribution in [2.45, 2.75) is 52.6 Å². The van der Waals surface area contributed by atoms with E-state index < -0.39 is 12.0 Å². The van der Waals surface area contributed by atoms with Crippen molar-refractivity contribution in [1.29, 1.82) is 0 Å². The van der Waals surface area contributed by atoms with Crippen molar-refractivity contribution in [3.8, 4) is 28.4 Å². The van der Waals surface area contributed by atoms with Crippen LogP contribution in [0.5, 0.6) is 17.2 Å². The summed E-state index contributed by atoms with van der Waals surface area (Å²) in [6.07, 6.45) is 5.82. The van der Waals surface area contributed by atoms with Crippen LogP contribution in [0.15, 0.2) is 78.4 Å². The zero-order chi connectivity index (χ0) is 29.9. The van der Waals surface area contributed by atoms with Crippen LogP contribution < -0.4 is 15.2 Å². The number of nitrogens with two attached hydrogens (primary N) is 1. The molecule has 0 fully saturated rings. The molecular weight excluding hydrogens is 521 g/mol. The first-order chi connectivity index (χ1) is 19.8. The molecule has 0 heterocycles. The number of aliphatic hydroxyl groups excluding tert-OH is 2. The SMILES string of the molecule is C/C=C\C/C(=C\C)C(CCO)[C@@H](c1ccc(-c2cc(N)ccc2F)cc1)[C@H](O)c1c(O)cc(OCC)cc1OCC. The van der Waals surface area contributed by atoms with Crippen LogP contribution in [0.3, 0.4) is 0 Å². The number of benzene rings is 3. The maximum Gasteiger partial charge on any atom is 0.132 e. The van der Waals surface area contributed by atoms with Crippen molar-refractivity contribution in [3.63, 3.8) is 0 Å². The molecule has 41 heavy (non-hydrogen) atoms. The Morgan fingerprint density at radius 2 is 1.71 bits per heavy atom. The van der Waals surface area contributed by atoms with Crippen LogP contribution in [-0.4, -0.2) is 35.1 Å². The summed E-state index contributed by atoms with van der Waals surface area (Å²) in [4.78, 5) is 0. The lowest BCUT2D eigenvalue weighted by Gasteiger charge is -2.34. The van der Waals surface area contributed by atoms with Gasteiger partial charge in [0.05, 0.1) is 24.9 Å². The summed E-state index contributed by atoms with van der Waals surface area (Å²) in [5.74, 6) is -0.639. The molecule has 0 amide bonds. The first kappa shape index (κ1) is 31.7. The second-order valence-corrected chi connectivity index (χ2v) is 9.81. The molecule has 0 saturated carbocycles. The average molecular weight is 564 g/mol. The van der Waals surface area contributed by atoms with Crippen LogP contribution >= 0.6 is 0 Å². The Kier molecular flexibility index (Phi) is 11.8. The molecule has 0 radical (unpaired) electrons. The van der Waals surface area contributed by atoms with E-state index in [4.69, 9.17) is 15.2 Å². The molecule has 3 atom stereocenters. The van der Waals surface area contributed by atoms with Gasteiger partial charge in [-0.2, -0.15) is 0 Å². The lowest BCUT2D eigenvalue weighted by atomic mass is 9.73. The van der Waals surface area contributed by atoms with E-state index >= 15 is 0 Å². The summed E-state index contributed by atoms with van der Waals surface area (Å²) in [5.41, 5.74) is 9.44. The molecule has 3 aromatic carbocycles. The fourth-order valence-corrected chi connectivity index (χ4v) is 5.34. The molecule has 7 heteroatoms. The molecule has 0 saturated heterocycles. The minimum absolute atomic E-state index is 0.0960. The normalized spacial score (nSPS) is 14.2. The maximum atomic E-state index is 14.6. The second kappa shape index (κ2) is 15.3. The number of aromatic hydroxyl groups is 1. The highest BCUT2D eigenvalue weighted by molar-refractivity contribution is 5.68. The second-order valence-electron chi connectivity index (χ2n) is 9.81. The van der Waals surface area contributed by atoms with Crippen molar-refractivity contribution < 1.29 is 29.2 Å². The van der Waals surface area contributed by atoms with Crippen LogP contribution in [-0.2, 0) is 0 Å². The van der Waals surface area contributed by atoms with E-state index in [1.165, 1.54) is 18.2 Å². The Balaban J connectivity index is 2.21. The number of phenolic OH excluding ortho intramolecular Hbond substituents is 1. The quantitative estimate of drug-likeness (QED) is 0.121. The van der Waals surface area contributed by atoms with Gasteiger partial charge >= 0.3 is 0 Å². The molecule has 5 N–H and O–H groups in total. The molecule has 220 valence electrons. The van der Waals surface area contributed by atoms with Crippen LogP contribution in [0.25, 0.3) is 11.1 Å². The van der Waals surface area contributed by atoms with E-state index in [1.807, 2.05) is 58.1 Å². The van der Waals surface area contributed by atoms with E-state index in [2.05, 4.69) is 0 Å². The molecule has 0 bridgehead atoms. The Hall–Kier alpha value is -3.81. The highest BCUT2D eigenvalue weighted by Crippen LogP contribution is 2.49. The lowest BCUT2D eigenvalue weighted by molar-refractivity contribution is 0.107. The van der Waals surface area contributed by atoms with Crippen LogP contribution in [0, 0.1) is 11.7 Å². The van der Waals surface area contributed by atoms with E-state index in [0.717, 1.165) is 11.1 Å². The van der Waals surface area contributed by atoms with Gasteiger partial charge < -0.3 is 30.5 Å². The zero-order valence-electron chi connectivity index (χ0n) is 24.3. The molecule has 3 aromatic rings. The zero-order valence-corrected chi connectivity index (χ0v) is 24.3. The van der Waals surface area contributed by atoms with E-state index in [-0.39, 0.29) is 29.7 Å². The van der Waals surface area contributed by atoms with Gasteiger partial charge in [-0.05, 0) is 75.8 Å². The van der Waals surface area contributed by atoms with Gasteiger partial charge in [0.2, 0.25) is 0 Å². The fraction of sp³-hybridized carbons (Fsp3) is 0.353. The lowest BCUT2D eigenvalue weighted by Crippen LogP contribution is -2.24. The van der Waals surface area contributed by atoms with Crippen LogP contribution in [0.4, 0.5) is 10.1 Å². The standard InChI is InChI=1S/C34H42FNO5/c1-5-9-10-22(6-2)27(17-18-37)32(24-13-11-23(12-14-24)28-19-25(36)15-16-29(28)35)34(39)33-30(38)20-26(40-7-3)21-31(33)41-8-4/h5-6,9,11-16,19-21,27,32,34,37-39H,7-8,10,17-18,36H2,1-4H3/b9-5-,22-6+/t27?,32-,34+/m1/s1. The summed E-state index contributed by atoms with van der Waals surface area (Å²) in [5, 5.41) is 33.4. The number of anilines is 1. The number of hydrogen-bond acceptors (Lipinski definition) is 6. The molecule has 0 aliphatic rings. The predicted octanol–water partition coefficient (Wildman–Crippen LogP) is 7.31. The topological polar surface area (TPSA) is 105 Å². The van der Waals surface area contributed by atoms with Crippen LogP contribution in [0.2, 0.25) is 0 Å². The van der Waals surface area contributed by atoms with Gasteiger partial charge in [0.15, 0.2) is 0 Å². The number of hydrogen-bond donors (Lipinski definition) is 4. The van der Waals surface area contributed by atoms with Gasteiger partial charge in [-0.25, -0.2) is 4.39 Å². The third-order valence-corrected chi connectivity index (χ3v) is 7.25. The molecule has 1 unspecified atom stereocenters. The summed E-state index contributed by atoms with van der Waals surface area (Å²) in [7, 11) is 0. The first-order valence-corrected chi connectivity index (χ1v) is 14.1. The molecule has 0 aromatic heterocycles. The highest BCUT2D eigenvalue weighted by atomic mass is 19.1. The van der Waals surface area contributed by atoms with Crippen LogP contribution in [0.1, 0.15) is 63.7 Å². The van der Waals surface area contributed by atoms with Gasteiger partial charge in [0.1, 0.15) is 23.1 Å². The van der Waals surface area contributed by atoms with Gasteiger partial charge in [-0.3, -0.25) is 0 Å². The predicted molar refractivity (Wildman–Crippen MR) is 163 cm³/mol. The van der Waals surface area contributed by atoms with E-state index in [9.17, 15) is 19.7 Å². The third kappa shape index (κ3) is 7.69. The Bertz CT molecular complexity index is 1340. The van der Waals surface area contributed by atoms with E-state index in [1.54, 1.807) is 24.3 Å². The monoisotopic (exact) mass is 563 g/mol. The number of phenols is 1. The molecule has 0 aliphatic carbocycles. The molecular formula is C34H42FNO5. The Labute approximate surface area is 242 Å². The number of allylic oxidation sites excluding steroid dienone is 4. The average Bonchev–Trinajstić information content (AvgIpc) is 2.95. The molecule has 6 nitrogen and oxygen atoms in total. The molecule has 3 rings (SSSR count). The summed E-state index contributed by atoms with van der Waals surface area (Å²) < 4.78 is 26.1. The Morgan fingerprint density at radius 3 is 2.32 bits per heavy atom. The van der Waals surface area contributed by atoms with Gasteiger partial charge in [0.25, 0.3) is 0 Å². The minimum atomic E-state index is -1.21. The van der Waals surface area contributed by atoms with E-state index in [0.29, 0.717) is 54.4 Å². The summed E-state index contributed by atoms with van der Waals surface area (Å²) >= 11 is 0. The van der Waals surface area contributed by atoms with Crippen molar-refractivity contribution in [3.05, 3.63) is 95.3 Å². The Morgan fingerprint density at radius 1 is 1.00 bits per heavy atom. The third-order valence-electron chi connectivity index (χ3n) is 7.25. The number of nitrogen functional groups attached to an aromatic ring is 1. The van der Waals surface area contributed by atoms with Gasteiger partial charge in [-0.1, -0.05) is 48.1 Å². The van der Waals surface area contributed by atoms with Gasteiger partial charge in [0, 0.05) is 35.9 Å². The van der Waals surface area contributed by atoms with Crippen molar-refractivity contribution >= 4 is 5.69 Å². The first-order valence-electron chi connectivity index (χ1n) is 14.1. The summed E-state index contributed by atoms with van der Waals surface area (Å²) in [6, 6.07) is 14.9. The highest BCUT2D eigenvalue weighted by Gasteiger charge is 2.36. The number of ether oxygens (including phenoxy) is 2.